The number of aryl methyl sites for hydroxylation is 2. The molecule has 4 aromatic rings. The fraction of sp³-hybridized carbons (Fsp3) is 0.294. The van der Waals surface area contributed by atoms with E-state index in [4.69, 9.17) is 0 Å². The minimum absolute atomic E-state index is 0.0200. The molecule has 0 fully saturated rings. The predicted octanol–water partition coefficient (Wildman–Crippen LogP) is 9.35. The first-order valence-electron chi connectivity index (χ1n) is 13.1. The maximum atomic E-state index is 11.9. The van der Waals surface area contributed by atoms with Crippen molar-refractivity contribution in [3.63, 3.8) is 0 Å². The van der Waals surface area contributed by atoms with E-state index in [-0.39, 0.29) is 23.7 Å². The average molecular weight is 475 g/mol. The Balaban J connectivity index is 1.66. The van der Waals surface area contributed by atoms with Gasteiger partial charge in [-0.3, -0.25) is 0 Å². The number of hydrogen-bond donors (Lipinski definition) is 2. The monoisotopic (exact) mass is 474 g/mol. The quantitative estimate of drug-likeness (QED) is 0.310. The Bertz CT molecular complexity index is 1510. The summed E-state index contributed by atoms with van der Waals surface area (Å²) in [4.78, 5) is 0. The van der Waals surface area contributed by atoms with Crippen molar-refractivity contribution in [3.05, 3.63) is 106 Å². The van der Waals surface area contributed by atoms with Crippen LogP contribution in [0.25, 0.3) is 32.7 Å². The standard InChI is InChI=1S/C34H34O2/c1-17(2)26(31-24-11-7-9-22-15-13-18(3)27(29(22)24)20(5)33(31)35)32-25-12-8-10-23-16-14-19(4)28(30(23)25)21(6)34(32)36/h7-17,26,31-32,35-36H,1-6H3. The van der Waals surface area contributed by atoms with E-state index in [1.165, 1.54) is 43.8 Å². The van der Waals surface area contributed by atoms with Crippen LogP contribution < -0.4 is 0 Å². The molecule has 0 aromatic heterocycles. The topological polar surface area (TPSA) is 40.5 Å². The number of allylic oxidation sites excluding steroid dienone is 4. The van der Waals surface area contributed by atoms with Crippen LogP contribution in [0.1, 0.15) is 72.9 Å². The van der Waals surface area contributed by atoms with Gasteiger partial charge in [0.25, 0.3) is 0 Å². The maximum Gasteiger partial charge on any atom is 0.104 e. The molecule has 2 heteroatoms. The van der Waals surface area contributed by atoms with Gasteiger partial charge >= 0.3 is 0 Å². The molecule has 0 saturated heterocycles. The largest absolute Gasteiger partial charge is 0.511 e. The molecule has 0 heterocycles. The molecule has 0 bridgehead atoms. The number of aliphatic hydroxyl groups is 2. The van der Waals surface area contributed by atoms with Crippen LogP contribution in [0.15, 0.2) is 72.2 Å². The van der Waals surface area contributed by atoms with Gasteiger partial charge < -0.3 is 10.2 Å². The Morgan fingerprint density at radius 1 is 0.583 bits per heavy atom. The minimum atomic E-state index is -0.204. The zero-order valence-electron chi connectivity index (χ0n) is 22.0. The first-order valence-corrected chi connectivity index (χ1v) is 13.1. The van der Waals surface area contributed by atoms with Crippen LogP contribution in [-0.2, 0) is 0 Å². The van der Waals surface area contributed by atoms with Crippen molar-refractivity contribution in [2.75, 3.05) is 0 Å². The number of benzene rings is 4. The molecular weight excluding hydrogens is 440 g/mol. The molecule has 36 heavy (non-hydrogen) atoms. The van der Waals surface area contributed by atoms with Gasteiger partial charge in [0.05, 0.1) is 0 Å². The summed E-state index contributed by atoms with van der Waals surface area (Å²) in [5.41, 5.74) is 8.93. The lowest BCUT2D eigenvalue weighted by Gasteiger charge is -2.42. The Kier molecular flexibility index (Phi) is 5.09. The van der Waals surface area contributed by atoms with E-state index in [0.29, 0.717) is 11.5 Å². The van der Waals surface area contributed by atoms with E-state index >= 15 is 0 Å². The normalized spacial score (nSPS) is 20.1. The first-order chi connectivity index (χ1) is 17.2. The van der Waals surface area contributed by atoms with Gasteiger partial charge in [0, 0.05) is 11.8 Å². The molecule has 0 saturated carbocycles. The Hall–Kier alpha value is -3.52. The molecule has 0 radical (unpaired) electrons. The van der Waals surface area contributed by atoms with Crippen LogP contribution in [0.5, 0.6) is 0 Å². The van der Waals surface area contributed by atoms with Crippen molar-refractivity contribution in [2.24, 2.45) is 11.8 Å². The third kappa shape index (κ3) is 2.97. The number of hydrogen-bond acceptors (Lipinski definition) is 2. The van der Waals surface area contributed by atoms with Crippen molar-refractivity contribution in [2.45, 2.75) is 53.4 Å². The summed E-state index contributed by atoms with van der Waals surface area (Å²) in [5, 5.41) is 28.7. The van der Waals surface area contributed by atoms with Crippen molar-refractivity contribution in [1.82, 2.24) is 0 Å². The van der Waals surface area contributed by atoms with Crippen LogP contribution in [0, 0.1) is 25.7 Å². The molecular formula is C34H34O2. The second kappa shape index (κ2) is 8.00. The van der Waals surface area contributed by atoms with E-state index in [1.807, 2.05) is 0 Å². The number of rotatable bonds is 3. The molecule has 0 amide bonds. The van der Waals surface area contributed by atoms with Gasteiger partial charge in [-0.25, -0.2) is 0 Å². The van der Waals surface area contributed by atoms with Crippen molar-refractivity contribution in [3.8, 4) is 0 Å². The average Bonchev–Trinajstić information content (AvgIpc) is 2.86. The summed E-state index contributed by atoms with van der Waals surface area (Å²) in [5.74, 6) is 0.669. The lowest BCUT2D eigenvalue weighted by atomic mass is 9.62. The minimum Gasteiger partial charge on any atom is -0.511 e. The van der Waals surface area contributed by atoms with Gasteiger partial charge in [-0.2, -0.15) is 0 Å². The summed E-state index contributed by atoms with van der Waals surface area (Å²) in [7, 11) is 0. The zero-order valence-corrected chi connectivity index (χ0v) is 22.0. The summed E-state index contributed by atoms with van der Waals surface area (Å²) >= 11 is 0. The summed E-state index contributed by atoms with van der Waals surface area (Å²) < 4.78 is 0. The fourth-order valence-corrected chi connectivity index (χ4v) is 7.27. The van der Waals surface area contributed by atoms with E-state index < -0.39 is 0 Å². The SMILES string of the molecule is CC1=C(O)C(C(C(C)C)C2C(O)=C(C)c3c(C)ccc4cccc2c34)c2cccc3ccc(C)c1c23. The lowest BCUT2D eigenvalue weighted by molar-refractivity contribution is 0.214. The molecule has 2 atom stereocenters. The predicted molar refractivity (Wildman–Crippen MR) is 152 cm³/mol. The second-order valence-corrected chi connectivity index (χ2v) is 11.2. The molecule has 6 rings (SSSR count). The molecule has 2 aliphatic carbocycles. The van der Waals surface area contributed by atoms with Gasteiger partial charge in [-0.1, -0.05) is 74.5 Å². The smallest absolute Gasteiger partial charge is 0.104 e. The van der Waals surface area contributed by atoms with E-state index in [1.54, 1.807) is 0 Å². The molecule has 0 spiro atoms. The summed E-state index contributed by atoms with van der Waals surface area (Å²) in [6, 6.07) is 21.6. The molecule has 2 nitrogen and oxygen atoms in total. The molecule has 4 aromatic carbocycles. The highest BCUT2D eigenvalue weighted by molar-refractivity contribution is 6.02. The Labute approximate surface area is 213 Å². The second-order valence-electron chi connectivity index (χ2n) is 11.2. The summed E-state index contributed by atoms with van der Waals surface area (Å²) in [6.45, 7) is 12.8. The third-order valence-corrected chi connectivity index (χ3v) is 8.89. The molecule has 0 aliphatic heterocycles. The van der Waals surface area contributed by atoms with E-state index in [2.05, 4.69) is 102 Å². The Morgan fingerprint density at radius 2 is 1.00 bits per heavy atom. The van der Waals surface area contributed by atoms with Gasteiger partial charge in [0.15, 0.2) is 0 Å². The third-order valence-electron chi connectivity index (χ3n) is 8.89. The van der Waals surface area contributed by atoms with Crippen LogP contribution >= 0.6 is 0 Å². The van der Waals surface area contributed by atoms with Crippen molar-refractivity contribution < 1.29 is 10.2 Å². The van der Waals surface area contributed by atoms with Crippen LogP contribution in [0.3, 0.4) is 0 Å². The van der Waals surface area contributed by atoms with E-state index in [0.717, 1.165) is 22.3 Å². The number of aliphatic hydroxyl groups excluding tert-OH is 2. The zero-order chi connectivity index (χ0) is 25.5. The van der Waals surface area contributed by atoms with Crippen LogP contribution in [0.4, 0.5) is 0 Å². The molecule has 2 unspecified atom stereocenters. The fourth-order valence-electron chi connectivity index (χ4n) is 7.27. The van der Waals surface area contributed by atoms with Crippen LogP contribution in [-0.4, -0.2) is 10.2 Å². The summed E-state index contributed by atoms with van der Waals surface area (Å²) in [6.07, 6.45) is 0. The highest BCUT2D eigenvalue weighted by atomic mass is 16.3. The van der Waals surface area contributed by atoms with Crippen molar-refractivity contribution >= 4 is 32.7 Å². The lowest BCUT2D eigenvalue weighted by Crippen LogP contribution is -2.31. The molecule has 2 N–H and O–H groups in total. The van der Waals surface area contributed by atoms with Crippen molar-refractivity contribution in [1.29, 1.82) is 0 Å². The highest BCUT2D eigenvalue weighted by Gasteiger charge is 2.44. The molecule has 2 aliphatic rings. The highest BCUT2D eigenvalue weighted by Crippen LogP contribution is 2.56. The maximum absolute atomic E-state index is 11.9. The van der Waals surface area contributed by atoms with Crippen LogP contribution in [0.2, 0.25) is 0 Å². The van der Waals surface area contributed by atoms with Gasteiger partial charge in [0.2, 0.25) is 0 Å². The van der Waals surface area contributed by atoms with Gasteiger partial charge in [-0.05, 0) is 106 Å². The van der Waals surface area contributed by atoms with Gasteiger partial charge in [-0.15, -0.1) is 0 Å². The first kappa shape index (κ1) is 22.9. The van der Waals surface area contributed by atoms with E-state index in [9.17, 15) is 10.2 Å². The Morgan fingerprint density at radius 3 is 1.39 bits per heavy atom. The van der Waals surface area contributed by atoms with Gasteiger partial charge in [0.1, 0.15) is 11.5 Å². The molecule has 182 valence electrons.